The van der Waals surface area contributed by atoms with Gasteiger partial charge in [0.1, 0.15) is 23.0 Å². The molecule has 0 atom stereocenters. The molecular weight excluding hydrogens is 672 g/mol. The van der Waals surface area contributed by atoms with Gasteiger partial charge in [0.15, 0.2) is 0 Å². The van der Waals surface area contributed by atoms with E-state index in [4.69, 9.17) is 9.47 Å². The Hall–Kier alpha value is -5.89. The fourth-order valence-electron chi connectivity index (χ4n) is 9.61. The Kier molecular flexibility index (Phi) is 5.04. The fraction of sp³-hybridized carbons (Fsp3) is 0.0476. The lowest BCUT2D eigenvalue weighted by Gasteiger charge is -2.37. The molecule has 0 N–H and O–H groups in total. The molecule has 4 aliphatic rings. The van der Waals surface area contributed by atoms with Gasteiger partial charge in [-0.15, -0.1) is 0 Å². The number of ether oxygens (including phenoxy) is 2. The third-order valence-corrected chi connectivity index (χ3v) is 11.5. The van der Waals surface area contributed by atoms with Gasteiger partial charge in [0.2, 0.25) is 0 Å². The van der Waals surface area contributed by atoms with E-state index in [0.29, 0.717) is 44.7 Å². The molecule has 2 nitrogen and oxygen atoms in total. The Balaban J connectivity index is 1.25. The van der Waals surface area contributed by atoms with Crippen molar-refractivity contribution in [3.63, 3.8) is 0 Å². The molecule has 12 rings (SSSR count). The van der Waals surface area contributed by atoms with Crippen molar-refractivity contribution in [2.75, 3.05) is 0 Å². The van der Waals surface area contributed by atoms with Gasteiger partial charge in [0.05, 0.1) is 11.1 Å². The maximum Gasteiger partial charge on any atom is 0.416 e. The Morgan fingerprint density at radius 1 is 0.385 bits per heavy atom. The first-order valence-electron chi connectivity index (χ1n) is 16.9. The molecule has 0 bridgehead atoms. The molecule has 8 aromatic rings. The molecule has 0 aromatic heterocycles. The molecule has 0 fully saturated rings. The minimum absolute atomic E-state index is 0.183. The van der Waals surface area contributed by atoms with Crippen LogP contribution >= 0.6 is 0 Å². The summed E-state index contributed by atoms with van der Waals surface area (Å²) < 4.78 is 99.0. The van der Waals surface area contributed by atoms with Crippen LogP contribution in [0.4, 0.5) is 26.3 Å². The Morgan fingerprint density at radius 2 is 0.808 bits per heavy atom. The van der Waals surface area contributed by atoms with Crippen molar-refractivity contribution >= 4 is 78.5 Å². The van der Waals surface area contributed by atoms with E-state index in [9.17, 15) is 26.3 Å². The van der Waals surface area contributed by atoms with Gasteiger partial charge in [0, 0.05) is 0 Å². The van der Waals surface area contributed by atoms with Crippen LogP contribution in [0.15, 0.2) is 109 Å². The number of hydrogen-bond donors (Lipinski definition) is 0. The predicted molar refractivity (Wildman–Crippen MR) is 193 cm³/mol. The maximum absolute atomic E-state index is 14.4. The minimum atomic E-state index is -4.60. The van der Waals surface area contributed by atoms with Crippen molar-refractivity contribution in [1.29, 1.82) is 0 Å². The third-order valence-electron chi connectivity index (χ3n) is 11.5. The Morgan fingerprint density at radius 3 is 1.23 bits per heavy atom. The quantitative estimate of drug-likeness (QED) is 0.0919. The van der Waals surface area contributed by atoms with Gasteiger partial charge in [-0.1, -0.05) is 83.7 Å². The molecule has 0 amide bonds. The van der Waals surface area contributed by atoms with E-state index in [1.54, 1.807) is 12.1 Å². The summed E-state index contributed by atoms with van der Waals surface area (Å²) in [5, 5.41) is 5.27. The summed E-state index contributed by atoms with van der Waals surface area (Å²) in [5.74, 6) is 1.37. The molecule has 246 valence electrons. The first-order valence-corrected chi connectivity index (χ1v) is 16.9. The van der Waals surface area contributed by atoms with Crippen LogP contribution in [0.1, 0.15) is 11.1 Å². The van der Waals surface area contributed by atoms with Crippen LogP contribution in [0.2, 0.25) is 0 Å². The highest BCUT2D eigenvalue weighted by Crippen LogP contribution is 2.48. The van der Waals surface area contributed by atoms with Crippen LogP contribution in [-0.2, 0) is 12.4 Å². The summed E-state index contributed by atoms with van der Waals surface area (Å²) in [7, 11) is 0. The predicted octanol–water partition coefficient (Wildman–Crippen LogP) is 7.83. The number of fused-ring (bicyclic) bond motifs is 8. The van der Waals surface area contributed by atoms with Crippen LogP contribution in [0.25, 0.3) is 54.6 Å². The molecule has 4 aliphatic heterocycles. The summed E-state index contributed by atoms with van der Waals surface area (Å²) in [6, 6.07) is 31.5. The second kappa shape index (κ2) is 9.12. The molecule has 0 radical (unpaired) electrons. The number of rotatable bonds is 0. The van der Waals surface area contributed by atoms with Crippen LogP contribution in [0, 0.1) is 0 Å². The lowest BCUT2D eigenvalue weighted by atomic mass is 9.32. The topological polar surface area (TPSA) is 18.5 Å². The van der Waals surface area contributed by atoms with Crippen molar-refractivity contribution in [1.82, 2.24) is 0 Å². The van der Waals surface area contributed by atoms with Gasteiger partial charge in [0.25, 0.3) is 13.4 Å². The number of hydrogen-bond acceptors (Lipinski definition) is 2. The van der Waals surface area contributed by atoms with E-state index in [1.165, 1.54) is 12.1 Å². The smallest absolute Gasteiger partial charge is 0.416 e. The van der Waals surface area contributed by atoms with Crippen LogP contribution in [-0.4, -0.2) is 13.4 Å². The van der Waals surface area contributed by atoms with E-state index in [-0.39, 0.29) is 11.5 Å². The molecule has 0 spiro atoms. The zero-order chi connectivity index (χ0) is 35.0. The van der Waals surface area contributed by atoms with Gasteiger partial charge in [-0.25, -0.2) is 0 Å². The average Bonchev–Trinajstić information content (AvgIpc) is 3.13. The molecule has 0 saturated carbocycles. The lowest BCUT2D eigenvalue weighted by Crippen LogP contribution is -2.58. The van der Waals surface area contributed by atoms with E-state index < -0.39 is 36.9 Å². The highest BCUT2D eigenvalue weighted by Gasteiger charge is 2.45. The number of halogens is 6. The molecule has 52 heavy (non-hydrogen) atoms. The summed E-state index contributed by atoms with van der Waals surface area (Å²) in [5.41, 5.74) is 5.69. The van der Waals surface area contributed by atoms with E-state index >= 15 is 0 Å². The summed E-state index contributed by atoms with van der Waals surface area (Å²) in [4.78, 5) is 0. The van der Waals surface area contributed by atoms with Crippen LogP contribution in [0.5, 0.6) is 23.0 Å². The minimum Gasteiger partial charge on any atom is -0.458 e. The third kappa shape index (κ3) is 3.45. The van der Waals surface area contributed by atoms with Crippen molar-refractivity contribution in [3.8, 4) is 45.3 Å². The molecule has 0 aliphatic carbocycles. The largest absolute Gasteiger partial charge is 0.458 e. The molecule has 8 aromatic carbocycles. The molecular formula is C42H18B2F6O2. The average molecular weight is 690 g/mol. The first kappa shape index (κ1) is 28.8. The zero-order valence-corrected chi connectivity index (χ0v) is 26.6. The van der Waals surface area contributed by atoms with E-state index in [0.717, 1.165) is 66.3 Å². The van der Waals surface area contributed by atoms with E-state index in [2.05, 4.69) is 12.1 Å². The number of alkyl halides is 6. The Bertz CT molecular complexity index is 2770. The first-order chi connectivity index (χ1) is 25.0. The second-order valence-corrected chi connectivity index (χ2v) is 14.1. The van der Waals surface area contributed by atoms with Gasteiger partial charge in [-0.05, 0) is 113 Å². The number of benzene rings is 8. The van der Waals surface area contributed by atoms with Gasteiger partial charge >= 0.3 is 12.4 Å². The van der Waals surface area contributed by atoms with Crippen LogP contribution < -0.4 is 42.3 Å². The molecule has 0 unspecified atom stereocenters. The van der Waals surface area contributed by atoms with Crippen molar-refractivity contribution in [2.45, 2.75) is 12.4 Å². The zero-order valence-electron chi connectivity index (χ0n) is 26.6. The molecule has 4 heterocycles. The summed E-state index contributed by atoms with van der Waals surface area (Å²) in [6.07, 6.45) is -9.21. The van der Waals surface area contributed by atoms with Crippen molar-refractivity contribution in [2.24, 2.45) is 0 Å². The van der Waals surface area contributed by atoms with Gasteiger partial charge in [-0.3, -0.25) is 0 Å². The molecule has 0 saturated heterocycles. The van der Waals surface area contributed by atoms with Crippen molar-refractivity contribution < 1.29 is 35.8 Å². The Labute approximate surface area is 291 Å². The van der Waals surface area contributed by atoms with Crippen molar-refractivity contribution in [3.05, 3.63) is 120 Å². The van der Waals surface area contributed by atoms with E-state index in [1.807, 2.05) is 60.7 Å². The lowest BCUT2D eigenvalue weighted by molar-refractivity contribution is -0.138. The fourth-order valence-corrected chi connectivity index (χ4v) is 9.61. The highest BCUT2D eigenvalue weighted by atomic mass is 19.4. The summed E-state index contributed by atoms with van der Waals surface area (Å²) in [6.45, 7) is -0.795. The second-order valence-electron chi connectivity index (χ2n) is 14.1. The van der Waals surface area contributed by atoms with Crippen LogP contribution in [0.3, 0.4) is 0 Å². The standard InChI is InChI=1S/C42H18B2F6O2/c45-41(46,47)21-15-25-23-11-10-20-14-30-38-24(26-16-22(42(48,49)50)18-34-40(26)44(30)28-6-2-4-8-32(28)52-34)12-9-19-13-29(37(23)35(20)36(19)38)43-27-5-1-3-7-31(27)51-33(17-21)39(25)43/h1-18H. The number of para-hydroxylation sites is 2. The molecule has 10 heteroatoms. The SMILES string of the molecule is FC(F)(F)c1cc2c3c(c1)-c1ccc4cc5c6c(ccc7cc(c1c4c76)B3c1ccccc1O2)-c1cc(C(F)(F)F)cc2c1B5c1ccccc1O2. The summed E-state index contributed by atoms with van der Waals surface area (Å²) >= 11 is 0. The normalized spacial score (nSPS) is 14.6. The van der Waals surface area contributed by atoms with Gasteiger partial charge in [-0.2, -0.15) is 26.3 Å². The maximum atomic E-state index is 14.4. The highest BCUT2D eigenvalue weighted by molar-refractivity contribution is 7.01. The van der Waals surface area contributed by atoms with Gasteiger partial charge < -0.3 is 9.47 Å². The monoisotopic (exact) mass is 690 g/mol.